The van der Waals surface area contributed by atoms with E-state index in [4.69, 9.17) is 0 Å². The van der Waals surface area contributed by atoms with Gasteiger partial charge < -0.3 is 5.32 Å². The molecule has 6 heteroatoms. The fourth-order valence-electron chi connectivity index (χ4n) is 2.24. The number of rotatable bonds is 4. The van der Waals surface area contributed by atoms with Gasteiger partial charge in [0, 0.05) is 10.5 Å². The van der Waals surface area contributed by atoms with Gasteiger partial charge in [-0.2, -0.15) is 0 Å². The summed E-state index contributed by atoms with van der Waals surface area (Å²) in [6.45, 7) is 2.80. The maximum absolute atomic E-state index is 12.2. The number of sulfonamides is 1. The van der Waals surface area contributed by atoms with Crippen molar-refractivity contribution in [3.63, 3.8) is 0 Å². The topological polar surface area (TPSA) is 58.2 Å². The van der Waals surface area contributed by atoms with E-state index in [1.54, 1.807) is 6.07 Å². The third-order valence-corrected chi connectivity index (χ3v) is 5.16. The van der Waals surface area contributed by atoms with E-state index in [0.717, 1.165) is 35.8 Å². The Labute approximate surface area is 123 Å². The fraction of sp³-hybridized carbons (Fsp3) is 0.538. The van der Waals surface area contributed by atoms with E-state index in [9.17, 15) is 8.42 Å². The molecule has 0 spiro atoms. The molecule has 0 aliphatic carbocycles. The van der Waals surface area contributed by atoms with Crippen LogP contribution >= 0.6 is 15.9 Å². The summed E-state index contributed by atoms with van der Waals surface area (Å²) < 4.78 is 27.9. The molecule has 1 unspecified atom stereocenters. The van der Waals surface area contributed by atoms with Crippen molar-refractivity contribution in [2.45, 2.75) is 32.2 Å². The summed E-state index contributed by atoms with van der Waals surface area (Å²) in [4.78, 5) is 0. The Morgan fingerprint density at radius 1 is 1.42 bits per heavy atom. The molecule has 106 valence electrons. The van der Waals surface area contributed by atoms with Crippen LogP contribution in [0.2, 0.25) is 0 Å². The van der Waals surface area contributed by atoms with Gasteiger partial charge in [0.25, 0.3) is 0 Å². The van der Waals surface area contributed by atoms with Gasteiger partial charge in [0.15, 0.2) is 0 Å². The maximum atomic E-state index is 12.2. The first-order valence-corrected chi connectivity index (χ1v) is 8.91. The second-order valence-electron chi connectivity index (χ2n) is 4.99. The highest BCUT2D eigenvalue weighted by Crippen LogP contribution is 2.22. The van der Waals surface area contributed by atoms with Crippen molar-refractivity contribution in [1.82, 2.24) is 5.32 Å². The van der Waals surface area contributed by atoms with Crippen molar-refractivity contribution >= 4 is 31.6 Å². The van der Waals surface area contributed by atoms with Crippen molar-refractivity contribution in [2.24, 2.45) is 0 Å². The van der Waals surface area contributed by atoms with Gasteiger partial charge in [-0.1, -0.05) is 28.4 Å². The van der Waals surface area contributed by atoms with Crippen LogP contribution in [0.1, 0.15) is 24.8 Å². The van der Waals surface area contributed by atoms with Crippen LogP contribution in [0.15, 0.2) is 22.7 Å². The molecule has 1 aliphatic heterocycles. The van der Waals surface area contributed by atoms with E-state index in [1.807, 2.05) is 19.1 Å². The third kappa shape index (κ3) is 4.47. The monoisotopic (exact) mass is 346 g/mol. The number of piperidine rings is 1. The van der Waals surface area contributed by atoms with Crippen LogP contribution in [0.3, 0.4) is 0 Å². The molecule has 1 aromatic rings. The van der Waals surface area contributed by atoms with Gasteiger partial charge in [0.05, 0.1) is 11.4 Å². The Kier molecular flexibility index (Phi) is 4.86. The SMILES string of the molecule is Cc1ccc(Br)cc1NS(=O)(=O)CC1CCCCN1. The molecular formula is C13H19BrN2O2S. The summed E-state index contributed by atoms with van der Waals surface area (Å²) in [6.07, 6.45) is 3.16. The second-order valence-corrected chi connectivity index (χ2v) is 7.67. The zero-order chi connectivity index (χ0) is 13.9. The number of hydrogen-bond acceptors (Lipinski definition) is 3. The Bertz CT molecular complexity index is 540. The highest BCUT2D eigenvalue weighted by molar-refractivity contribution is 9.10. The number of nitrogens with one attached hydrogen (secondary N) is 2. The van der Waals surface area contributed by atoms with Crippen molar-refractivity contribution in [1.29, 1.82) is 0 Å². The molecule has 0 aromatic heterocycles. The van der Waals surface area contributed by atoms with Crippen LogP contribution < -0.4 is 10.0 Å². The lowest BCUT2D eigenvalue weighted by Gasteiger charge is -2.23. The predicted molar refractivity (Wildman–Crippen MR) is 81.9 cm³/mol. The van der Waals surface area contributed by atoms with E-state index >= 15 is 0 Å². The van der Waals surface area contributed by atoms with Crippen LogP contribution in [0.5, 0.6) is 0 Å². The smallest absolute Gasteiger partial charge is 0.234 e. The lowest BCUT2D eigenvalue weighted by atomic mass is 10.1. The molecular weight excluding hydrogens is 328 g/mol. The number of hydrogen-bond donors (Lipinski definition) is 2. The molecule has 2 rings (SSSR count). The lowest BCUT2D eigenvalue weighted by molar-refractivity contribution is 0.424. The van der Waals surface area contributed by atoms with Gasteiger partial charge in [0.2, 0.25) is 10.0 Å². The Morgan fingerprint density at radius 2 is 2.21 bits per heavy atom. The molecule has 0 bridgehead atoms. The first kappa shape index (κ1) is 14.8. The molecule has 0 amide bonds. The zero-order valence-corrected chi connectivity index (χ0v) is 13.4. The van der Waals surface area contributed by atoms with E-state index in [2.05, 4.69) is 26.0 Å². The van der Waals surface area contributed by atoms with Crippen molar-refractivity contribution in [3.8, 4) is 0 Å². The summed E-state index contributed by atoms with van der Waals surface area (Å²) in [7, 11) is -3.31. The van der Waals surface area contributed by atoms with Gasteiger partial charge in [0.1, 0.15) is 0 Å². The summed E-state index contributed by atoms with van der Waals surface area (Å²) >= 11 is 3.36. The largest absolute Gasteiger partial charge is 0.313 e. The second kappa shape index (κ2) is 6.24. The van der Waals surface area contributed by atoms with E-state index in [-0.39, 0.29) is 11.8 Å². The molecule has 1 aliphatic rings. The van der Waals surface area contributed by atoms with Gasteiger partial charge in [-0.25, -0.2) is 8.42 Å². The Hall–Kier alpha value is -0.590. The minimum absolute atomic E-state index is 0.0682. The van der Waals surface area contributed by atoms with Gasteiger partial charge in [-0.05, 0) is 44.0 Å². The minimum atomic E-state index is -3.31. The average molecular weight is 347 g/mol. The van der Waals surface area contributed by atoms with E-state index in [1.165, 1.54) is 0 Å². The summed E-state index contributed by atoms with van der Waals surface area (Å²) in [6, 6.07) is 5.65. The first-order chi connectivity index (χ1) is 8.96. The van der Waals surface area contributed by atoms with Crippen LogP contribution in [0.4, 0.5) is 5.69 Å². The first-order valence-electron chi connectivity index (χ1n) is 6.46. The van der Waals surface area contributed by atoms with Crippen LogP contribution in [-0.4, -0.2) is 26.8 Å². The van der Waals surface area contributed by atoms with Crippen LogP contribution in [0.25, 0.3) is 0 Å². The molecule has 19 heavy (non-hydrogen) atoms. The third-order valence-electron chi connectivity index (χ3n) is 3.30. The fourth-order valence-corrected chi connectivity index (χ4v) is 4.06. The number of halogens is 1. The molecule has 1 saturated heterocycles. The highest BCUT2D eigenvalue weighted by atomic mass is 79.9. The maximum Gasteiger partial charge on any atom is 0.234 e. The molecule has 0 saturated carbocycles. The minimum Gasteiger partial charge on any atom is -0.313 e. The molecule has 1 fully saturated rings. The number of benzene rings is 1. The molecule has 4 nitrogen and oxygen atoms in total. The Morgan fingerprint density at radius 3 is 2.89 bits per heavy atom. The molecule has 1 heterocycles. The lowest BCUT2D eigenvalue weighted by Crippen LogP contribution is -2.40. The molecule has 1 aromatic carbocycles. The quantitative estimate of drug-likeness (QED) is 0.880. The van der Waals surface area contributed by atoms with E-state index in [0.29, 0.717) is 5.69 Å². The summed E-state index contributed by atoms with van der Waals surface area (Å²) in [5, 5.41) is 3.26. The normalized spacial score (nSPS) is 20.2. The van der Waals surface area contributed by atoms with Crippen molar-refractivity contribution in [2.75, 3.05) is 17.0 Å². The van der Waals surface area contributed by atoms with Crippen molar-refractivity contribution < 1.29 is 8.42 Å². The van der Waals surface area contributed by atoms with Gasteiger partial charge in [-0.3, -0.25) is 4.72 Å². The molecule has 2 N–H and O–H groups in total. The summed E-state index contributed by atoms with van der Waals surface area (Å²) in [5.41, 5.74) is 1.56. The standard InChI is InChI=1S/C13H19BrN2O2S/c1-10-5-6-11(14)8-13(10)16-19(17,18)9-12-4-2-3-7-15-12/h5-6,8,12,15-16H,2-4,7,9H2,1H3. The van der Waals surface area contributed by atoms with Gasteiger partial charge in [-0.15, -0.1) is 0 Å². The van der Waals surface area contributed by atoms with Crippen LogP contribution in [0, 0.1) is 6.92 Å². The Balaban J connectivity index is 2.05. The summed E-state index contributed by atoms with van der Waals surface area (Å²) in [5.74, 6) is 0.138. The highest BCUT2D eigenvalue weighted by Gasteiger charge is 2.21. The van der Waals surface area contributed by atoms with Crippen LogP contribution in [-0.2, 0) is 10.0 Å². The van der Waals surface area contributed by atoms with E-state index < -0.39 is 10.0 Å². The number of anilines is 1. The van der Waals surface area contributed by atoms with Crippen molar-refractivity contribution in [3.05, 3.63) is 28.2 Å². The zero-order valence-electron chi connectivity index (χ0n) is 10.9. The predicted octanol–water partition coefficient (Wildman–Crippen LogP) is 2.64. The molecule has 1 atom stereocenters. The van der Waals surface area contributed by atoms with Gasteiger partial charge >= 0.3 is 0 Å². The molecule has 0 radical (unpaired) electrons. The number of aryl methyl sites for hydroxylation is 1. The average Bonchev–Trinajstić information content (AvgIpc) is 2.34.